The van der Waals surface area contributed by atoms with Gasteiger partial charge in [0.1, 0.15) is 10.8 Å². The number of piperidine rings is 1. The van der Waals surface area contributed by atoms with Crippen molar-refractivity contribution in [3.05, 3.63) is 43.0 Å². The van der Waals surface area contributed by atoms with Crippen LogP contribution in [0.2, 0.25) is 0 Å². The van der Waals surface area contributed by atoms with Crippen LogP contribution in [0, 0.1) is 0 Å². The topological polar surface area (TPSA) is 81.5 Å². The first kappa shape index (κ1) is 21.0. The molecule has 0 unspecified atom stereocenters. The Morgan fingerprint density at radius 3 is 2.50 bits per heavy atom. The average Bonchev–Trinajstić information content (AvgIpc) is 3.41. The van der Waals surface area contributed by atoms with Crippen molar-refractivity contribution in [3.8, 4) is 28.1 Å². The summed E-state index contributed by atoms with van der Waals surface area (Å²) >= 11 is 1.69. The second kappa shape index (κ2) is 7.35. The Morgan fingerprint density at radius 1 is 1.12 bits per heavy atom. The Kier molecular flexibility index (Phi) is 4.83. The van der Waals surface area contributed by atoms with Gasteiger partial charge in [0, 0.05) is 53.9 Å². The lowest BCUT2D eigenvalue weighted by molar-refractivity contribution is 0.161. The number of H-pyrrole nitrogens is 1. The van der Waals surface area contributed by atoms with Gasteiger partial charge < -0.3 is 15.3 Å². The van der Waals surface area contributed by atoms with E-state index in [0.29, 0.717) is 6.04 Å². The number of imidazole rings is 1. The number of hydrogen-bond acceptors (Lipinski definition) is 6. The summed E-state index contributed by atoms with van der Waals surface area (Å²) in [4.78, 5) is 8.13. The molecule has 1 fully saturated rings. The second-order valence-electron chi connectivity index (χ2n) is 10.2. The van der Waals surface area contributed by atoms with Crippen molar-refractivity contribution in [1.82, 2.24) is 24.9 Å². The van der Waals surface area contributed by atoms with Gasteiger partial charge in [-0.2, -0.15) is 5.10 Å². The molecule has 3 N–H and O–H groups in total. The molecule has 4 aromatic rings. The number of aromatic hydroxyl groups is 1. The van der Waals surface area contributed by atoms with Crippen LogP contribution in [0.3, 0.4) is 0 Å². The summed E-state index contributed by atoms with van der Waals surface area (Å²) in [5.74, 6) is 0.214. The first-order valence-corrected chi connectivity index (χ1v) is 11.8. The standard InChI is InChI=1S/C24H30N6OS/c1-23(2)9-17(10-24(3,4)28-23)29(5)21-14-30-13-19(27-22(30)32-21)18-7-6-15(8-20(18)31)16-11-25-26-12-16/h6-8,11-14,17,28,31H,9-10H2,1-5H3,(H,25,26). The Morgan fingerprint density at radius 2 is 1.88 bits per heavy atom. The van der Waals surface area contributed by atoms with Crippen LogP contribution >= 0.6 is 11.3 Å². The van der Waals surface area contributed by atoms with Crippen LogP contribution in [0.25, 0.3) is 27.3 Å². The number of phenols is 1. The van der Waals surface area contributed by atoms with Crippen molar-refractivity contribution in [2.24, 2.45) is 0 Å². The summed E-state index contributed by atoms with van der Waals surface area (Å²) in [6.07, 6.45) is 9.87. The van der Waals surface area contributed by atoms with Crippen molar-refractivity contribution in [2.75, 3.05) is 11.9 Å². The highest BCUT2D eigenvalue weighted by molar-refractivity contribution is 7.20. The van der Waals surface area contributed by atoms with E-state index >= 15 is 0 Å². The van der Waals surface area contributed by atoms with E-state index in [1.54, 1.807) is 23.6 Å². The molecule has 32 heavy (non-hydrogen) atoms. The third-order valence-electron chi connectivity index (χ3n) is 6.31. The molecule has 0 bridgehead atoms. The predicted molar refractivity (Wildman–Crippen MR) is 130 cm³/mol. The number of rotatable bonds is 4. The zero-order valence-electron chi connectivity index (χ0n) is 19.2. The maximum atomic E-state index is 10.6. The summed E-state index contributed by atoms with van der Waals surface area (Å²) in [5.41, 5.74) is 3.56. The molecule has 0 amide bonds. The summed E-state index contributed by atoms with van der Waals surface area (Å²) in [6, 6.07) is 6.11. The number of aromatic nitrogens is 4. The Balaban J connectivity index is 1.40. The van der Waals surface area contributed by atoms with Crippen LogP contribution in [0.15, 0.2) is 43.0 Å². The summed E-state index contributed by atoms with van der Waals surface area (Å²) in [7, 11) is 2.19. The molecule has 3 aromatic heterocycles. The van der Waals surface area contributed by atoms with Gasteiger partial charge in [0.25, 0.3) is 0 Å². The lowest BCUT2D eigenvalue weighted by Crippen LogP contribution is -2.61. The Hall–Kier alpha value is -2.84. The molecule has 4 heterocycles. The maximum Gasteiger partial charge on any atom is 0.196 e. The fourth-order valence-electron chi connectivity index (χ4n) is 5.14. The van der Waals surface area contributed by atoms with Crippen LogP contribution in [0.1, 0.15) is 40.5 Å². The molecule has 1 aromatic carbocycles. The van der Waals surface area contributed by atoms with E-state index in [0.717, 1.165) is 40.2 Å². The summed E-state index contributed by atoms with van der Waals surface area (Å²) in [5, 5.41) is 22.4. The van der Waals surface area contributed by atoms with E-state index in [1.165, 1.54) is 5.00 Å². The van der Waals surface area contributed by atoms with Crippen LogP contribution in [0.5, 0.6) is 5.75 Å². The van der Waals surface area contributed by atoms with Gasteiger partial charge in [0.2, 0.25) is 0 Å². The third-order valence-corrected chi connectivity index (χ3v) is 7.40. The maximum absolute atomic E-state index is 10.6. The SMILES string of the molecule is CN(c1cn2cc(-c3ccc(-c4cn[nH]c4)cc3O)nc2s1)C1CC(C)(C)NC(C)(C)C1. The van der Waals surface area contributed by atoms with Gasteiger partial charge in [-0.15, -0.1) is 0 Å². The van der Waals surface area contributed by atoms with Crippen LogP contribution in [-0.4, -0.2) is 48.9 Å². The van der Waals surface area contributed by atoms with Crippen molar-refractivity contribution in [3.63, 3.8) is 0 Å². The molecular weight excluding hydrogens is 420 g/mol. The molecule has 1 aliphatic rings. The monoisotopic (exact) mass is 450 g/mol. The second-order valence-corrected chi connectivity index (χ2v) is 11.2. The lowest BCUT2D eigenvalue weighted by Gasteiger charge is -2.49. The number of anilines is 1. The number of fused-ring (bicyclic) bond motifs is 1. The van der Waals surface area contributed by atoms with Gasteiger partial charge >= 0.3 is 0 Å². The smallest absolute Gasteiger partial charge is 0.196 e. The van der Waals surface area contributed by atoms with Gasteiger partial charge in [0.15, 0.2) is 4.96 Å². The molecular formula is C24H30N6OS. The van der Waals surface area contributed by atoms with E-state index in [1.807, 2.05) is 24.5 Å². The fourth-order valence-corrected chi connectivity index (χ4v) is 6.14. The van der Waals surface area contributed by atoms with E-state index in [9.17, 15) is 5.11 Å². The summed E-state index contributed by atoms with van der Waals surface area (Å²) in [6.45, 7) is 9.14. The minimum Gasteiger partial charge on any atom is -0.507 e. The number of nitrogens with one attached hydrogen (secondary N) is 2. The minimum atomic E-state index is 0.103. The largest absolute Gasteiger partial charge is 0.507 e. The molecule has 0 atom stereocenters. The molecule has 168 valence electrons. The fraction of sp³-hybridized carbons (Fsp3) is 0.417. The molecule has 0 spiro atoms. The van der Waals surface area contributed by atoms with Crippen LogP contribution < -0.4 is 10.2 Å². The molecule has 8 heteroatoms. The van der Waals surface area contributed by atoms with Crippen molar-refractivity contribution >= 4 is 21.3 Å². The van der Waals surface area contributed by atoms with E-state index in [4.69, 9.17) is 4.98 Å². The highest BCUT2D eigenvalue weighted by Gasteiger charge is 2.39. The number of phenolic OH excluding ortho intramolecular Hbond substituents is 1. The van der Waals surface area contributed by atoms with Gasteiger partial charge in [-0.05, 0) is 58.2 Å². The van der Waals surface area contributed by atoms with Crippen molar-refractivity contribution < 1.29 is 5.11 Å². The van der Waals surface area contributed by atoms with Crippen LogP contribution in [-0.2, 0) is 0 Å². The number of thiazole rings is 1. The quantitative estimate of drug-likeness (QED) is 0.412. The number of hydrogen-bond donors (Lipinski definition) is 3. The predicted octanol–water partition coefficient (Wildman–Crippen LogP) is 4.90. The average molecular weight is 451 g/mol. The molecule has 1 aliphatic heterocycles. The van der Waals surface area contributed by atoms with Crippen LogP contribution in [0.4, 0.5) is 5.00 Å². The third kappa shape index (κ3) is 3.89. The highest BCUT2D eigenvalue weighted by atomic mass is 32.1. The van der Waals surface area contributed by atoms with Gasteiger partial charge in [-0.1, -0.05) is 17.4 Å². The Labute approximate surface area is 192 Å². The molecule has 0 radical (unpaired) electrons. The Bertz CT molecular complexity index is 1210. The minimum absolute atomic E-state index is 0.103. The molecule has 0 saturated carbocycles. The first-order chi connectivity index (χ1) is 15.1. The van der Waals surface area contributed by atoms with Crippen molar-refractivity contribution in [1.29, 1.82) is 0 Å². The normalized spacial score (nSPS) is 18.3. The number of aromatic amines is 1. The van der Waals surface area contributed by atoms with Gasteiger partial charge in [-0.25, -0.2) is 4.98 Å². The zero-order valence-corrected chi connectivity index (χ0v) is 20.0. The first-order valence-electron chi connectivity index (χ1n) is 10.9. The van der Waals surface area contributed by atoms with Gasteiger partial charge in [-0.3, -0.25) is 9.50 Å². The zero-order chi connectivity index (χ0) is 22.7. The number of nitrogens with zero attached hydrogens (tertiary/aromatic N) is 4. The van der Waals surface area contributed by atoms with E-state index in [-0.39, 0.29) is 16.8 Å². The lowest BCUT2D eigenvalue weighted by atomic mass is 9.79. The van der Waals surface area contributed by atoms with E-state index < -0.39 is 0 Å². The molecule has 1 saturated heterocycles. The molecule has 0 aliphatic carbocycles. The highest BCUT2D eigenvalue weighted by Crippen LogP contribution is 2.38. The molecule has 5 rings (SSSR count). The number of benzene rings is 1. The summed E-state index contributed by atoms with van der Waals surface area (Å²) < 4.78 is 2.06. The van der Waals surface area contributed by atoms with Crippen molar-refractivity contribution in [2.45, 2.75) is 57.7 Å². The van der Waals surface area contributed by atoms with E-state index in [2.05, 4.69) is 65.8 Å². The van der Waals surface area contributed by atoms with Gasteiger partial charge in [0.05, 0.1) is 11.9 Å². The molecule has 7 nitrogen and oxygen atoms in total.